The van der Waals surface area contributed by atoms with E-state index in [2.05, 4.69) is 42.8 Å². The quantitative estimate of drug-likeness (QED) is 0.636. The summed E-state index contributed by atoms with van der Waals surface area (Å²) in [6.45, 7) is 1.82. The molecule has 0 amide bonds. The van der Waals surface area contributed by atoms with Crippen LogP contribution in [0.4, 0.5) is 0 Å². The van der Waals surface area contributed by atoms with Crippen LogP contribution in [0.3, 0.4) is 0 Å². The Kier molecular flexibility index (Phi) is 7.65. The van der Waals surface area contributed by atoms with Crippen molar-refractivity contribution in [2.45, 2.75) is 18.2 Å². The van der Waals surface area contributed by atoms with Gasteiger partial charge >= 0.3 is 0 Å². The molecule has 0 saturated heterocycles. The molecule has 0 aliphatic heterocycles. The van der Waals surface area contributed by atoms with Gasteiger partial charge in [-0.25, -0.2) is 8.42 Å². The molecule has 2 aromatic rings. The molecule has 0 bridgehead atoms. The molecule has 22 heavy (non-hydrogen) atoms. The van der Waals surface area contributed by atoms with E-state index >= 15 is 0 Å². The van der Waals surface area contributed by atoms with E-state index in [9.17, 15) is 13.0 Å². The number of benzene rings is 2. The Morgan fingerprint density at radius 2 is 1.50 bits per heavy atom. The minimum atomic E-state index is -4.27. The van der Waals surface area contributed by atoms with E-state index in [1.54, 1.807) is 12.1 Å². The molecule has 2 aromatic carbocycles. The monoisotopic (exact) mass is 338 g/mol. The lowest BCUT2D eigenvalue weighted by atomic mass is 10.2. The minimum Gasteiger partial charge on any atom is -0.744 e. The van der Waals surface area contributed by atoms with E-state index in [1.165, 1.54) is 29.9 Å². The van der Waals surface area contributed by atoms with Crippen LogP contribution >= 0.6 is 0 Å². The second-order valence-electron chi connectivity index (χ2n) is 5.19. The van der Waals surface area contributed by atoms with Crippen molar-refractivity contribution in [3.05, 3.63) is 65.7 Å². The van der Waals surface area contributed by atoms with E-state index < -0.39 is 10.1 Å². The van der Waals surface area contributed by atoms with Crippen LogP contribution in [0.25, 0.3) is 0 Å². The third-order valence-electron chi connectivity index (χ3n) is 2.95. The second-order valence-corrected chi connectivity index (χ2v) is 8.95. The summed E-state index contributed by atoms with van der Waals surface area (Å²) in [5.41, 5.74) is 2.39. The summed E-state index contributed by atoms with van der Waals surface area (Å²) in [5.74, 6) is 1.32. The lowest BCUT2D eigenvalue weighted by molar-refractivity contribution is 0.463. The number of rotatable bonds is 4. The molecule has 0 aromatic heterocycles. The lowest BCUT2D eigenvalue weighted by Gasteiger charge is -2.05. The fourth-order valence-corrected chi connectivity index (χ4v) is 2.78. The van der Waals surface area contributed by atoms with Crippen molar-refractivity contribution >= 4 is 21.0 Å². The zero-order chi connectivity index (χ0) is 16.6. The van der Waals surface area contributed by atoms with Crippen molar-refractivity contribution in [2.75, 3.05) is 18.3 Å². The molecule has 120 valence electrons. The molecule has 0 unspecified atom stereocenters. The van der Waals surface area contributed by atoms with Crippen LogP contribution in [0.2, 0.25) is 0 Å². The van der Waals surface area contributed by atoms with Gasteiger partial charge in [-0.3, -0.25) is 0 Å². The highest BCUT2D eigenvalue weighted by atomic mass is 32.2. The Morgan fingerprint density at radius 1 is 0.955 bits per heavy atom. The summed E-state index contributed by atoms with van der Waals surface area (Å²) < 4.78 is 31.2. The molecule has 0 heterocycles. The fraction of sp³-hybridized carbons (Fsp3) is 0.294. The molecule has 0 fully saturated rings. The fourth-order valence-electron chi connectivity index (χ4n) is 1.67. The highest BCUT2D eigenvalue weighted by Crippen LogP contribution is 2.08. The first-order chi connectivity index (χ1) is 10.3. The third-order valence-corrected chi connectivity index (χ3v) is 4.82. The van der Waals surface area contributed by atoms with Crippen molar-refractivity contribution in [3.8, 4) is 0 Å². The molecule has 0 atom stereocenters. The SMILES string of the molecule is C[S+](C)CCc1ccccc1.Cc1ccc(S(=O)(=O)[O-])cc1. The predicted octanol–water partition coefficient (Wildman–Crippen LogP) is 3.01. The molecule has 5 heteroatoms. The molecule has 3 nitrogen and oxygen atoms in total. The maximum absolute atomic E-state index is 10.4. The van der Waals surface area contributed by atoms with Gasteiger partial charge in [-0.05, 0) is 35.5 Å². The lowest BCUT2D eigenvalue weighted by Crippen LogP contribution is -2.04. The second kappa shape index (κ2) is 8.98. The van der Waals surface area contributed by atoms with E-state index in [4.69, 9.17) is 0 Å². The maximum Gasteiger partial charge on any atom is 0.124 e. The molecular weight excluding hydrogens is 316 g/mol. The van der Waals surface area contributed by atoms with Crippen LogP contribution in [-0.4, -0.2) is 31.2 Å². The van der Waals surface area contributed by atoms with Crippen molar-refractivity contribution in [1.29, 1.82) is 0 Å². The molecule has 0 aliphatic carbocycles. The summed E-state index contributed by atoms with van der Waals surface area (Å²) in [4.78, 5) is -0.178. The Morgan fingerprint density at radius 3 is 1.95 bits per heavy atom. The molecule has 0 N–H and O–H groups in total. The molecule has 0 spiro atoms. The maximum atomic E-state index is 10.4. The van der Waals surface area contributed by atoms with E-state index in [0.29, 0.717) is 10.9 Å². The third kappa shape index (κ3) is 7.64. The molecule has 2 rings (SSSR count). The first kappa shape index (κ1) is 18.7. The van der Waals surface area contributed by atoms with Gasteiger partial charge in [0.1, 0.15) is 15.9 Å². The molecule has 0 radical (unpaired) electrons. The van der Waals surface area contributed by atoms with Gasteiger partial charge in [-0.2, -0.15) is 0 Å². The van der Waals surface area contributed by atoms with Crippen molar-refractivity contribution in [2.24, 2.45) is 0 Å². The summed E-state index contributed by atoms with van der Waals surface area (Å²) in [6.07, 6.45) is 5.82. The summed E-state index contributed by atoms with van der Waals surface area (Å²) in [5, 5.41) is 0. The number of hydrogen-bond acceptors (Lipinski definition) is 3. The minimum absolute atomic E-state index is 0.178. The number of aryl methyl sites for hydroxylation is 2. The Hall–Kier alpha value is -1.30. The topological polar surface area (TPSA) is 57.2 Å². The Bertz CT molecular complexity index is 648. The first-order valence-corrected chi connectivity index (χ1v) is 10.5. The smallest absolute Gasteiger partial charge is 0.124 e. The van der Waals surface area contributed by atoms with Crippen molar-refractivity contribution in [3.63, 3.8) is 0 Å². The standard InChI is InChI=1S/C10H15S.C7H8O3S/c1-11(2)9-8-10-6-4-3-5-7-10;1-6-2-4-7(5-3-6)11(8,9)10/h3-7H,8-9H2,1-2H3;2-5H,1H3,(H,8,9,10)/q+1;/p-1. The normalized spacial score (nSPS) is 11.0. The highest BCUT2D eigenvalue weighted by molar-refractivity contribution is 7.95. The van der Waals surface area contributed by atoms with Gasteiger partial charge in [0.15, 0.2) is 0 Å². The Labute approximate surface area is 136 Å². The van der Waals surface area contributed by atoms with Gasteiger partial charge in [0.05, 0.1) is 17.4 Å². The molecule has 0 aliphatic rings. The van der Waals surface area contributed by atoms with Crippen LogP contribution < -0.4 is 0 Å². The zero-order valence-electron chi connectivity index (χ0n) is 13.2. The number of hydrogen-bond donors (Lipinski definition) is 0. The van der Waals surface area contributed by atoms with Crippen LogP contribution in [-0.2, 0) is 27.4 Å². The van der Waals surface area contributed by atoms with Crippen LogP contribution in [0.15, 0.2) is 59.5 Å². The summed E-state index contributed by atoms with van der Waals surface area (Å²) >= 11 is 0. The van der Waals surface area contributed by atoms with Gasteiger partial charge in [0.25, 0.3) is 0 Å². The molecule has 0 saturated carbocycles. The van der Waals surface area contributed by atoms with E-state index in [0.717, 1.165) is 5.56 Å². The van der Waals surface area contributed by atoms with Gasteiger partial charge in [0.2, 0.25) is 0 Å². The largest absolute Gasteiger partial charge is 0.744 e. The van der Waals surface area contributed by atoms with Crippen molar-refractivity contribution < 1.29 is 13.0 Å². The average molecular weight is 338 g/mol. The van der Waals surface area contributed by atoms with Gasteiger partial charge in [-0.15, -0.1) is 0 Å². The average Bonchev–Trinajstić information content (AvgIpc) is 2.46. The van der Waals surface area contributed by atoms with Crippen LogP contribution in [0, 0.1) is 6.92 Å². The van der Waals surface area contributed by atoms with E-state index in [-0.39, 0.29) is 4.90 Å². The van der Waals surface area contributed by atoms with Crippen molar-refractivity contribution in [1.82, 2.24) is 0 Å². The van der Waals surface area contributed by atoms with E-state index in [1.807, 2.05) is 6.92 Å². The van der Waals surface area contributed by atoms with Crippen LogP contribution in [0.1, 0.15) is 11.1 Å². The molecular formula is C17H22O3S2. The van der Waals surface area contributed by atoms with Gasteiger partial charge in [-0.1, -0.05) is 48.0 Å². The Balaban J connectivity index is 0.000000220. The van der Waals surface area contributed by atoms with Crippen LogP contribution in [0.5, 0.6) is 0 Å². The zero-order valence-corrected chi connectivity index (χ0v) is 14.8. The first-order valence-electron chi connectivity index (χ1n) is 6.89. The van der Waals surface area contributed by atoms with Gasteiger partial charge < -0.3 is 4.55 Å². The summed E-state index contributed by atoms with van der Waals surface area (Å²) in [7, 11) is -3.69. The highest BCUT2D eigenvalue weighted by Gasteiger charge is 2.01. The van der Waals surface area contributed by atoms with Gasteiger partial charge in [0, 0.05) is 6.42 Å². The summed E-state index contributed by atoms with van der Waals surface area (Å²) in [6, 6.07) is 16.5. The predicted molar refractivity (Wildman–Crippen MR) is 93.4 cm³/mol.